The maximum Gasteiger partial charge on any atom is 0.270 e. The molecule has 1 aliphatic rings. The number of hydrogen-bond acceptors (Lipinski definition) is 5. The normalized spacial score (nSPS) is 18.6. The molecule has 0 spiro atoms. The van der Waals surface area contributed by atoms with Crippen LogP contribution in [0.15, 0.2) is 35.8 Å². The number of methoxy groups -OCH3 is 1. The number of carbonyl (C=O) groups is 1. The van der Waals surface area contributed by atoms with Crippen LogP contribution < -0.4 is 10.1 Å². The van der Waals surface area contributed by atoms with Gasteiger partial charge < -0.3 is 10.1 Å². The fourth-order valence-electron chi connectivity index (χ4n) is 2.86. The minimum atomic E-state index is -0.133. The van der Waals surface area contributed by atoms with Crippen molar-refractivity contribution in [3.05, 3.63) is 46.4 Å². The second-order valence-corrected chi connectivity index (χ2v) is 6.74. The molecular weight excluding hydrogens is 310 g/mol. The number of aromatic nitrogens is 1. The Kier molecular flexibility index (Phi) is 5.25. The molecule has 0 saturated carbocycles. The predicted octanol–water partition coefficient (Wildman–Crippen LogP) is 2.55. The summed E-state index contributed by atoms with van der Waals surface area (Å²) in [5, 5.41) is 5.20. The zero-order chi connectivity index (χ0) is 16.1. The lowest BCUT2D eigenvalue weighted by Crippen LogP contribution is -2.47. The summed E-state index contributed by atoms with van der Waals surface area (Å²) >= 11 is 1.78. The molecule has 0 radical (unpaired) electrons. The third kappa shape index (κ3) is 4.30. The first-order valence-electron chi connectivity index (χ1n) is 7.80. The Labute approximate surface area is 140 Å². The SMILES string of the molecule is COc1ccnc(C(=O)NC2CCCN(Cc3cccs3)C2)c1. The molecule has 122 valence electrons. The van der Waals surface area contributed by atoms with E-state index in [0.717, 1.165) is 32.5 Å². The Balaban J connectivity index is 1.57. The lowest BCUT2D eigenvalue weighted by atomic mass is 10.1. The van der Waals surface area contributed by atoms with E-state index >= 15 is 0 Å². The zero-order valence-corrected chi connectivity index (χ0v) is 14.0. The van der Waals surface area contributed by atoms with Gasteiger partial charge >= 0.3 is 0 Å². The third-order valence-corrected chi connectivity index (χ3v) is 4.86. The van der Waals surface area contributed by atoms with Crippen LogP contribution in [0.5, 0.6) is 5.75 Å². The molecular formula is C17H21N3O2S. The number of nitrogens with one attached hydrogen (secondary N) is 1. The van der Waals surface area contributed by atoms with E-state index in [-0.39, 0.29) is 11.9 Å². The van der Waals surface area contributed by atoms with Crippen LogP contribution in [0.1, 0.15) is 28.2 Å². The van der Waals surface area contributed by atoms with Crippen molar-refractivity contribution in [3.63, 3.8) is 0 Å². The van der Waals surface area contributed by atoms with Crippen LogP contribution >= 0.6 is 11.3 Å². The minimum Gasteiger partial charge on any atom is -0.497 e. The van der Waals surface area contributed by atoms with Gasteiger partial charge in [-0.15, -0.1) is 11.3 Å². The number of rotatable bonds is 5. The van der Waals surface area contributed by atoms with Crippen molar-refractivity contribution in [1.82, 2.24) is 15.2 Å². The molecule has 2 aromatic heterocycles. The molecule has 5 nitrogen and oxygen atoms in total. The van der Waals surface area contributed by atoms with Crippen molar-refractivity contribution in [2.45, 2.75) is 25.4 Å². The maximum atomic E-state index is 12.4. The van der Waals surface area contributed by atoms with Gasteiger partial charge in [-0.3, -0.25) is 14.7 Å². The number of thiophene rings is 1. The minimum absolute atomic E-state index is 0.133. The van der Waals surface area contributed by atoms with E-state index in [2.05, 4.69) is 32.7 Å². The van der Waals surface area contributed by atoms with Crippen molar-refractivity contribution in [3.8, 4) is 5.75 Å². The Hall–Kier alpha value is -1.92. The molecule has 1 N–H and O–H groups in total. The number of ether oxygens (including phenoxy) is 1. The van der Waals surface area contributed by atoms with Crippen LogP contribution in [0, 0.1) is 0 Å². The van der Waals surface area contributed by atoms with E-state index in [0.29, 0.717) is 11.4 Å². The lowest BCUT2D eigenvalue weighted by Gasteiger charge is -2.32. The van der Waals surface area contributed by atoms with Gasteiger partial charge in [0.05, 0.1) is 7.11 Å². The van der Waals surface area contributed by atoms with Crippen molar-refractivity contribution in [2.24, 2.45) is 0 Å². The molecule has 1 atom stereocenters. The Morgan fingerprint density at radius 3 is 3.22 bits per heavy atom. The van der Waals surface area contributed by atoms with Crippen molar-refractivity contribution in [1.29, 1.82) is 0 Å². The monoisotopic (exact) mass is 331 g/mol. The number of piperidine rings is 1. The summed E-state index contributed by atoms with van der Waals surface area (Å²) in [5.41, 5.74) is 0.403. The molecule has 0 aromatic carbocycles. The van der Waals surface area contributed by atoms with E-state index in [9.17, 15) is 4.79 Å². The van der Waals surface area contributed by atoms with E-state index in [1.807, 2.05) is 0 Å². The van der Waals surface area contributed by atoms with Crippen molar-refractivity contribution >= 4 is 17.2 Å². The van der Waals surface area contributed by atoms with Gasteiger partial charge in [-0.1, -0.05) is 6.07 Å². The fourth-order valence-corrected chi connectivity index (χ4v) is 3.61. The van der Waals surface area contributed by atoms with Gasteiger partial charge in [-0.05, 0) is 36.9 Å². The molecule has 2 aromatic rings. The number of pyridine rings is 1. The van der Waals surface area contributed by atoms with Gasteiger partial charge in [0.25, 0.3) is 5.91 Å². The smallest absolute Gasteiger partial charge is 0.270 e. The van der Waals surface area contributed by atoms with Gasteiger partial charge in [0, 0.05) is 36.3 Å². The highest BCUT2D eigenvalue weighted by Gasteiger charge is 2.22. The molecule has 0 bridgehead atoms. The molecule has 1 amide bonds. The quantitative estimate of drug-likeness (QED) is 0.915. The highest BCUT2D eigenvalue weighted by Crippen LogP contribution is 2.17. The summed E-state index contributed by atoms with van der Waals surface area (Å²) in [6.45, 7) is 2.93. The van der Waals surface area contributed by atoms with Crippen LogP contribution in [0.2, 0.25) is 0 Å². The highest BCUT2D eigenvalue weighted by atomic mass is 32.1. The average molecular weight is 331 g/mol. The third-order valence-electron chi connectivity index (χ3n) is 4.00. The maximum absolute atomic E-state index is 12.4. The standard InChI is InChI=1S/C17H21N3O2S/c1-22-14-6-7-18-16(10-14)17(21)19-13-4-2-8-20(11-13)12-15-5-3-9-23-15/h3,5-7,9-10,13H,2,4,8,11-12H2,1H3,(H,19,21). The topological polar surface area (TPSA) is 54.5 Å². The van der Waals surface area contributed by atoms with Crippen molar-refractivity contribution in [2.75, 3.05) is 20.2 Å². The highest BCUT2D eigenvalue weighted by molar-refractivity contribution is 7.09. The Bertz CT molecular complexity index is 645. The predicted molar refractivity (Wildman–Crippen MR) is 90.9 cm³/mol. The molecule has 3 rings (SSSR count). The first kappa shape index (κ1) is 16.0. The Morgan fingerprint density at radius 2 is 2.43 bits per heavy atom. The second-order valence-electron chi connectivity index (χ2n) is 5.71. The molecule has 1 aliphatic heterocycles. The number of hydrogen-bond donors (Lipinski definition) is 1. The van der Waals surface area contributed by atoms with Gasteiger partial charge in [0.1, 0.15) is 11.4 Å². The summed E-state index contributed by atoms with van der Waals surface area (Å²) < 4.78 is 5.14. The van der Waals surface area contributed by atoms with E-state index in [1.165, 1.54) is 4.88 Å². The van der Waals surface area contributed by atoms with Crippen LogP contribution in [0.3, 0.4) is 0 Å². The number of carbonyl (C=O) groups excluding carboxylic acids is 1. The summed E-state index contributed by atoms with van der Waals surface area (Å²) in [7, 11) is 1.58. The zero-order valence-electron chi connectivity index (χ0n) is 13.2. The largest absolute Gasteiger partial charge is 0.497 e. The summed E-state index contributed by atoms with van der Waals surface area (Å²) in [5.74, 6) is 0.514. The van der Waals surface area contributed by atoms with E-state index < -0.39 is 0 Å². The van der Waals surface area contributed by atoms with Gasteiger partial charge in [0.2, 0.25) is 0 Å². The fraction of sp³-hybridized carbons (Fsp3) is 0.412. The lowest BCUT2D eigenvalue weighted by molar-refractivity contribution is 0.0896. The van der Waals surface area contributed by atoms with Crippen molar-refractivity contribution < 1.29 is 9.53 Å². The molecule has 1 fully saturated rings. The molecule has 23 heavy (non-hydrogen) atoms. The number of nitrogens with zero attached hydrogens (tertiary/aromatic N) is 2. The van der Waals surface area contributed by atoms with Gasteiger partial charge in [-0.2, -0.15) is 0 Å². The summed E-state index contributed by atoms with van der Waals surface area (Å²) in [6.07, 6.45) is 3.70. The van der Waals surface area contributed by atoms with Crippen LogP contribution in [-0.2, 0) is 6.54 Å². The number of amides is 1. The molecule has 1 saturated heterocycles. The molecule has 1 unspecified atom stereocenters. The first-order chi connectivity index (χ1) is 11.2. The van der Waals surface area contributed by atoms with Crippen LogP contribution in [-0.4, -0.2) is 42.0 Å². The summed E-state index contributed by atoms with van der Waals surface area (Å²) in [6, 6.07) is 7.82. The first-order valence-corrected chi connectivity index (χ1v) is 8.68. The van der Waals surface area contributed by atoms with E-state index in [4.69, 9.17) is 4.74 Å². The van der Waals surface area contributed by atoms with Gasteiger partial charge in [0.15, 0.2) is 0 Å². The number of likely N-dealkylation sites (tertiary alicyclic amines) is 1. The second kappa shape index (κ2) is 7.57. The molecule has 0 aliphatic carbocycles. The van der Waals surface area contributed by atoms with Gasteiger partial charge in [-0.25, -0.2) is 0 Å². The summed E-state index contributed by atoms with van der Waals surface area (Å²) in [4.78, 5) is 20.3. The Morgan fingerprint density at radius 1 is 1.52 bits per heavy atom. The molecule has 6 heteroatoms. The average Bonchev–Trinajstić information content (AvgIpc) is 3.08. The van der Waals surface area contributed by atoms with Crippen LogP contribution in [0.25, 0.3) is 0 Å². The van der Waals surface area contributed by atoms with E-state index in [1.54, 1.807) is 36.8 Å². The van der Waals surface area contributed by atoms with Crippen LogP contribution in [0.4, 0.5) is 0 Å². The molecule has 3 heterocycles.